The molecule has 0 radical (unpaired) electrons. The van der Waals surface area contributed by atoms with Gasteiger partial charge in [-0.2, -0.15) is 0 Å². The normalized spacial score (nSPS) is 25.4. The topological polar surface area (TPSA) is 27.7 Å². The third-order valence-corrected chi connectivity index (χ3v) is 15.0. The quantitative estimate of drug-likeness (QED) is 0.403. The molecular formula is C20H40O3Si2. The van der Waals surface area contributed by atoms with Crippen molar-refractivity contribution in [3.63, 3.8) is 0 Å². The van der Waals surface area contributed by atoms with E-state index < -0.39 is 16.6 Å². The molecule has 0 saturated carbocycles. The van der Waals surface area contributed by atoms with Crippen molar-refractivity contribution in [2.24, 2.45) is 0 Å². The fraction of sp³-hybridized carbons (Fsp3) is 0.800. The molecule has 1 aliphatic carbocycles. The van der Waals surface area contributed by atoms with E-state index in [0.29, 0.717) is 6.61 Å². The molecule has 0 saturated heterocycles. The summed E-state index contributed by atoms with van der Waals surface area (Å²) in [7, 11) is -3.81. The lowest BCUT2D eigenvalue weighted by atomic mass is 10.2. The number of hydrogen-bond donors (Lipinski definition) is 0. The fourth-order valence-electron chi connectivity index (χ4n) is 2.23. The average Bonchev–Trinajstić information content (AvgIpc) is 2.75. The van der Waals surface area contributed by atoms with Crippen LogP contribution >= 0.6 is 0 Å². The maximum atomic E-state index is 6.76. The van der Waals surface area contributed by atoms with Crippen molar-refractivity contribution in [1.29, 1.82) is 0 Å². The van der Waals surface area contributed by atoms with Crippen LogP contribution in [-0.2, 0) is 13.6 Å². The van der Waals surface area contributed by atoms with Gasteiger partial charge < -0.3 is 13.6 Å². The minimum Gasteiger partial charge on any atom is -0.408 e. The van der Waals surface area contributed by atoms with E-state index in [9.17, 15) is 0 Å². The number of ether oxygens (including phenoxy) is 1. The predicted molar refractivity (Wildman–Crippen MR) is 113 cm³/mol. The van der Waals surface area contributed by atoms with Crippen molar-refractivity contribution < 1.29 is 13.6 Å². The summed E-state index contributed by atoms with van der Waals surface area (Å²) in [5, 5.41) is 0.322. The van der Waals surface area contributed by atoms with E-state index in [-0.39, 0.29) is 28.4 Å². The van der Waals surface area contributed by atoms with Crippen LogP contribution < -0.4 is 0 Å². The van der Waals surface area contributed by atoms with E-state index >= 15 is 0 Å². The third kappa shape index (κ3) is 5.63. The van der Waals surface area contributed by atoms with Crippen LogP contribution in [0.1, 0.15) is 41.5 Å². The largest absolute Gasteiger partial charge is 0.408 e. The van der Waals surface area contributed by atoms with Crippen molar-refractivity contribution in [3.8, 4) is 0 Å². The molecule has 0 spiro atoms. The summed E-state index contributed by atoms with van der Waals surface area (Å²) in [5.41, 5.74) is 0. The van der Waals surface area contributed by atoms with Gasteiger partial charge in [-0.05, 0) is 36.3 Å². The zero-order chi connectivity index (χ0) is 19.7. The summed E-state index contributed by atoms with van der Waals surface area (Å²) in [6.45, 7) is 27.1. The summed E-state index contributed by atoms with van der Waals surface area (Å²) in [5.74, 6) is 0. The van der Waals surface area contributed by atoms with Crippen molar-refractivity contribution in [1.82, 2.24) is 0 Å². The highest BCUT2D eigenvalue weighted by molar-refractivity contribution is 6.74. The first-order valence-corrected chi connectivity index (χ1v) is 15.2. The first-order valence-electron chi connectivity index (χ1n) is 9.39. The fourth-order valence-corrected chi connectivity index (χ4v) is 4.78. The van der Waals surface area contributed by atoms with Crippen LogP contribution in [0.15, 0.2) is 24.8 Å². The summed E-state index contributed by atoms with van der Waals surface area (Å²) in [6.07, 6.45) is 5.87. The Hall–Kier alpha value is -0.206. The highest BCUT2D eigenvalue weighted by Gasteiger charge is 2.47. The van der Waals surface area contributed by atoms with E-state index in [4.69, 9.17) is 13.6 Å². The van der Waals surface area contributed by atoms with Gasteiger partial charge in [0.15, 0.2) is 16.6 Å². The van der Waals surface area contributed by atoms with Crippen LogP contribution in [0, 0.1) is 0 Å². The van der Waals surface area contributed by atoms with Crippen LogP contribution in [0.4, 0.5) is 0 Å². The highest BCUT2D eigenvalue weighted by Crippen LogP contribution is 2.42. The molecule has 0 unspecified atom stereocenters. The van der Waals surface area contributed by atoms with Gasteiger partial charge in [0.25, 0.3) is 0 Å². The molecule has 0 bridgehead atoms. The zero-order valence-electron chi connectivity index (χ0n) is 18.1. The standard InChI is InChI=1S/C20H40O3Si2/c1-12-15-21-16-13-14-17(22-24(8,9)19(2,3)4)18(16)23-25(10,11)20(5,6)7/h12-14,16-18H,1,15H2,2-11H3/t16-,17-,18+/m1/s1. The van der Waals surface area contributed by atoms with Gasteiger partial charge >= 0.3 is 0 Å². The molecule has 1 rings (SSSR count). The maximum Gasteiger partial charge on any atom is 0.193 e. The van der Waals surface area contributed by atoms with Crippen LogP contribution in [0.25, 0.3) is 0 Å². The van der Waals surface area contributed by atoms with E-state index in [0.717, 1.165) is 0 Å². The zero-order valence-corrected chi connectivity index (χ0v) is 20.1. The van der Waals surface area contributed by atoms with E-state index in [2.05, 4.69) is 86.5 Å². The second-order valence-electron chi connectivity index (χ2n) is 10.2. The molecule has 0 amide bonds. The van der Waals surface area contributed by atoms with Crippen LogP contribution in [0.2, 0.25) is 36.3 Å². The molecule has 0 fully saturated rings. The van der Waals surface area contributed by atoms with Gasteiger partial charge in [-0.15, -0.1) is 6.58 Å². The molecule has 25 heavy (non-hydrogen) atoms. The van der Waals surface area contributed by atoms with E-state index in [1.165, 1.54) is 0 Å². The summed E-state index contributed by atoms with van der Waals surface area (Å²) < 4.78 is 19.4. The van der Waals surface area contributed by atoms with Crippen molar-refractivity contribution in [2.75, 3.05) is 6.61 Å². The Morgan fingerprint density at radius 2 is 1.28 bits per heavy atom. The molecule has 146 valence electrons. The molecule has 0 aromatic rings. The summed E-state index contributed by atoms with van der Waals surface area (Å²) in [6, 6.07) is 0. The van der Waals surface area contributed by atoms with E-state index in [1.54, 1.807) is 6.08 Å². The number of hydrogen-bond acceptors (Lipinski definition) is 3. The van der Waals surface area contributed by atoms with Crippen LogP contribution in [0.5, 0.6) is 0 Å². The molecule has 3 atom stereocenters. The Morgan fingerprint density at radius 1 is 0.840 bits per heavy atom. The molecule has 3 nitrogen and oxygen atoms in total. The smallest absolute Gasteiger partial charge is 0.193 e. The van der Waals surface area contributed by atoms with Crippen molar-refractivity contribution in [2.45, 2.75) is 96.1 Å². The predicted octanol–water partition coefficient (Wildman–Crippen LogP) is 5.91. The van der Waals surface area contributed by atoms with Crippen molar-refractivity contribution >= 4 is 16.6 Å². The van der Waals surface area contributed by atoms with Gasteiger partial charge in [0.2, 0.25) is 0 Å². The molecule has 0 aromatic carbocycles. The number of rotatable bonds is 7. The monoisotopic (exact) mass is 384 g/mol. The van der Waals surface area contributed by atoms with Gasteiger partial charge in [-0.1, -0.05) is 59.8 Å². The molecule has 0 aliphatic heterocycles. The molecule has 5 heteroatoms. The SMILES string of the molecule is C=CCO[C@@H]1C=C[C@@H](O[Si](C)(C)C(C)(C)C)[C@H]1O[Si](C)(C)C(C)(C)C. The minimum absolute atomic E-state index is 0.0372. The van der Waals surface area contributed by atoms with Gasteiger partial charge in [-0.25, -0.2) is 0 Å². The first kappa shape index (κ1) is 22.8. The Kier molecular flexibility index (Phi) is 7.13. The molecule has 0 N–H and O–H groups in total. The Bertz CT molecular complexity index is 484. The Labute approximate surface area is 158 Å². The lowest BCUT2D eigenvalue weighted by Crippen LogP contribution is -2.53. The molecule has 1 aliphatic rings. The Morgan fingerprint density at radius 3 is 1.72 bits per heavy atom. The second-order valence-corrected chi connectivity index (χ2v) is 19.7. The van der Waals surface area contributed by atoms with Crippen LogP contribution in [-0.4, -0.2) is 41.6 Å². The molecule has 0 heterocycles. The van der Waals surface area contributed by atoms with E-state index in [1.807, 2.05) is 0 Å². The third-order valence-electron chi connectivity index (χ3n) is 6.02. The summed E-state index contributed by atoms with van der Waals surface area (Å²) in [4.78, 5) is 0. The first-order chi connectivity index (χ1) is 11.1. The highest BCUT2D eigenvalue weighted by atomic mass is 28.4. The molecule has 0 aromatic heterocycles. The van der Waals surface area contributed by atoms with Crippen molar-refractivity contribution in [3.05, 3.63) is 24.8 Å². The lowest BCUT2D eigenvalue weighted by Gasteiger charge is -2.44. The van der Waals surface area contributed by atoms with Gasteiger partial charge in [0.05, 0.1) is 12.7 Å². The van der Waals surface area contributed by atoms with Gasteiger partial charge in [0.1, 0.15) is 12.2 Å². The maximum absolute atomic E-state index is 6.76. The Balaban J connectivity index is 3.03. The average molecular weight is 385 g/mol. The van der Waals surface area contributed by atoms with Gasteiger partial charge in [-0.3, -0.25) is 0 Å². The van der Waals surface area contributed by atoms with Crippen LogP contribution in [0.3, 0.4) is 0 Å². The van der Waals surface area contributed by atoms with Gasteiger partial charge in [0, 0.05) is 0 Å². The minimum atomic E-state index is -1.92. The molecular weight excluding hydrogens is 344 g/mol. The lowest BCUT2D eigenvalue weighted by molar-refractivity contribution is -0.0247. The summed E-state index contributed by atoms with van der Waals surface area (Å²) >= 11 is 0. The second kappa shape index (κ2) is 7.81.